The first-order valence-corrected chi connectivity index (χ1v) is 34.4. The number of hydrogen-bond donors (Lipinski definition) is 13. The summed E-state index contributed by atoms with van der Waals surface area (Å²) in [6, 6.07) is 34.8. The fourth-order valence-corrected chi connectivity index (χ4v) is 11.2. The van der Waals surface area contributed by atoms with Crippen molar-refractivity contribution in [3.8, 4) is 0 Å². The number of carbonyl (C=O) groups excluding carboxylic acids is 7. The fraction of sp³-hybridized carbons (Fsp3) is 0.301. The number of hydrogen-bond acceptors (Lipinski definition) is 18. The molecule has 0 aliphatic heterocycles. The molecule has 30 heteroatoms. The maximum Gasteiger partial charge on any atom is 0.335 e. The van der Waals surface area contributed by atoms with Crippen molar-refractivity contribution in [2.45, 2.75) is 94.0 Å². The number of amides is 7. The van der Waals surface area contributed by atoms with E-state index < -0.39 is 106 Å². The SMILES string of the molecule is C=C(NCCCC[C@H](NC(=O)CNC(=O)[C@H](COCc1cccc(C(=O)O)c1)NC(=O)[C@H](Cc1cccc(C)c1)NC(=O)c1ccc(NC(=O)CCCNC(=O)C(N)CCC(=O)NCCNc2cccc3c(S(=O)(=O)O)cccc23)cc1F)C(=O)O)c1ccc(N=Nc2ccc(N(C)C)cc2)cc1. The Bertz CT molecular complexity index is 4330. The smallest absolute Gasteiger partial charge is 0.335 e. The van der Waals surface area contributed by atoms with Gasteiger partial charge < -0.3 is 73.4 Å². The van der Waals surface area contributed by atoms with Crippen LogP contribution in [0.15, 0.2) is 173 Å². The van der Waals surface area contributed by atoms with Gasteiger partial charge in [0.15, 0.2) is 0 Å². The van der Waals surface area contributed by atoms with Crippen LogP contribution in [0.3, 0.4) is 0 Å². The Morgan fingerprint density at radius 2 is 1.29 bits per heavy atom. The summed E-state index contributed by atoms with van der Waals surface area (Å²) >= 11 is 0. The van der Waals surface area contributed by atoms with Crippen LogP contribution >= 0.6 is 0 Å². The van der Waals surface area contributed by atoms with Crippen molar-refractivity contribution in [2.75, 3.05) is 69.0 Å². The highest BCUT2D eigenvalue weighted by Crippen LogP contribution is 2.29. The number of carboxylic acids is 2. The summed E-state index contributed by atoms with van der Waals surface area (Å²) in [7, 11) is -0.560. The molecule has 7 aromatic rings. The van der Waals surface area contributed by atoms with Gasteiger partial charge in [0.2, 0.25) is 35.4 Å². The number of nitrogens with one attached hydrogen (secondary N) is 9. The third kappa shape index (κ3) is 25.6. The number of anilines is 3. The number of aromatic carboxylic acids is 1. The molecule has 0 fully saturated rings. The van der Waals surface area contributed by atoms with Gasteiger partial charge in [0.25, 0.3) is 16.0 Å². The first-order chi connectivity index (χ1) is 49.2. The van der Waals surface area contributed by atoms with Gasteiger partial charge in [-0.05, 0) is 135 Å². The van der Waals surface area contributed by atoms with Gasteiger partial charge >= 0.3 is 11.9 Å². The van der Waals surface area contributed by atoms with Gasteiger partial charge in [-0.15, -0.1) is 0 Å². The summed E-state index contributed by atoms with van der Waals surface area (Å²) in [5, 5.41) is 53.2. The van der Waals surface area contributed by atoms with Crippen molar-refractivity contribution in [2.24, 2.45) is 16.0 Å². The van der Waals surface area contributed by atoms with E-state index in [9.17, 15) is 66.3 Å². The highest BCUT2D eigenvalue weighted by Gasteiger charge is 2.30. The van der Waals surface area contributed by atoms with E-state index in [2.05, 4.69) is 64.7 Å². The van der Waals surface area contributed by atoms with Crippen LogP contribution in [-0.2, 0) is 61.4 Å². The zero-order valence-corrected chi connectivity index (χ0v) is 57.8. The zero-order chi connectivity index (χ0) is 74.6. The topological polar surface area (TPSA) is 420 Å². The lowest BCUT2D eigenvalue weighted by Crippen LogP contribution is -2.56. The molecule has 0 bridgehead atoms. The van der Waals surface area contributed by atoms with Crippen LogP contribution in [0.1, 0.15) is 87.9 Å². The van der Waals surface area contributed by atoms with Crippen molar-refractivity contribution in [1.82, 2.24) is 37.2 Å². The second-order valence-electron chi connectivity index (χ2n) is 24.2. The minimum Gasteiger partial charge on any atom is -0.480 e. The van der Waals surface area contributed by atoms with Crippen molar-refractivity contribution < 1.29 is 75.5 Å². The second-order valence-corrected chi connectivity index (χ2v) is 25.6. The van der Waals surface area contributed by atoms with Crippen LogP contribution in [0.2, 0.25) is 0 Å². The fourth-order valence-electron chi connectivity index (χ4n) is 10.5. The van der Waals surface area contributed by atoms with Gasteiger partial charge in [-0.3, -0.25) is 38.1 Å². The number of azo groups is 1. The molecule has 4 atom stereocenters. The number of nitrogens with two attached hydrogens (primary N) is 1. The van der Waals surface area contributed by atoms with E-state index >= 15 is 4.39 Å². The molecule has 544 valence electrons. The van der Waals surface area contributed by atoms with Gasteiger partial charge in [0, 0.05) is 93.1 Å². The van der Waals surface area contributed by atoms with E-state index in [0.717, 1.165) is 28.9 Å². The van der Waals surface area contributed by atoms with Crippen molar-refractivity contribution in [1.29, 1.82) is 0 Å². The average Bonchev–Trinajstić information content (AvgIpc) is 0.787. The highest BCUT2D eigenvalue weighted by atomic mass is 32.2. The van der Waals surface area contributed by atoms with E-state index in [1.807, 2.05) is 55.4 Å². The summed E-state index contributed by atoms with van der Waals surface area (Å²) in [5.74, 6) is -8.97. The molecule has 28 nitrogen and oxygen atoms in total. The first kappa shape index (κ1) is 78.9. The van der Waals surface area contributed by atoms with E-state index in [4.69, 9.17) is 10.5 Å². The molecule has 0 radical (unpaired) electrons. The molecule has 0 aliphatic rings. The minimum atomic E-state index is -4.46. The number of fused-ring (bicyclic) bond motifs is 1. The molecule has 7 rings (SSSR count). The number of carbonyl (C=O) groups is 9. The third-order valence-electron chi connectivity index (χ3n) is 16.0. The number of aryl methyl sites for hydroxylation is 1. The first-order valence-electron chi connectivity index (χ1n) is 32.9. The molecular formula is C73H84FN13O15S. The number of carboxylic acid groups (broad SMARTS) is 2. The molecule has 0 heterocycles. The third-order valence-corrected chi connectivity index (χ3v) is 16.9. The number of halogens is 1. The van der Waals surface area contributed by atoms with Crippen molar-refractivity contribution in [3.05, 3.63) is 197 Å². The minimum absolute atomic E-state index is 0.00510. The van der Waals surface area contributed by atoms with Gasteiger partial charge in [0.1, 0.15) is 28.8 Å². The Labute approximate surface area is 594 Å². The Morgan fingerprint density at radius 3 is 1.98 bits per heavy atom. The van der Waals surface area contributed by atoms with E-state index in [-0.39, 0.29) is 86.8 Å². The number of nitrogens with zero attached hydrogens (tertiary/aromatic N) is 3. The average molecular weight is 1430 g/mol. The lowest BCUT2D eigenvalue weighted by molar-refractivity contribution is -0.142. The molecule has 0 saturated carbocycles. The van der Waals surface area contributed by atoms with Gasteiger partial charge in [-0.25, -0.2) is 14.0 Å². The maximum absolute atomic E-state index is 15.9. The molecular weight excluding hydrogens is 1350 g/mol. The number of benzene rings is 7. The summed E-state index contributed by atoms with van der Waals surface area (Å²) in [6.07, 6.45) is 0.641. The lowest BCUT2D eigenvalue weighted by Gasteiger charge is -2.24. The van der Waals surface area contributed by atoms with Crippen LogP contribution in [0, 0.1) is 12.7 Å². The molecule has 1 unspecified atom stereocenters. The lowest BCUT2D eigenvalue weighted by atomic mass is 10.0. The normalized spacial score (nSPS) is 12.4. The van der Waals surface area contributed by atoms with Crippen LogP contribution in [-0.4, -0.2) is 154 Å². The highest BCUT2D eigenvalue weighted by molar-refractivity contribution is 7.86. The number of unbranched alkanes of at least 4 members (excludes halogenated alkanes) is 1. The number of aliphatic carboxylic acids is 1. The van der Waals surface area contributed by atoms with E-state index in [1.165, 1.54) is 36.4 Å². The predicted octanol–water partition coefficient (Wildman–Crippen LogP) is 7.04. The van der Waals surface area contributed by atoms with Gasteiger partial charge in [-0.2, -0.15) is 18.6 Å². The van der Waals surface area contributed by atoms with Gasteiger partial charge in [-0.1, -0.05) is 84.9 Å². The molecule has 0 saturated heterocycles. The van der Waals surface area contributed by atoms with Gasteiger partial charge in [0.05, 0.1) is 48.3 Å². The molecule has 14 N–H and O–H groups in total. The Kier molecular flexibility index (Phi) is 29.8. The molecule has 0 spiro atoms. The van der Waals surface area contributed by atoms with E-state index in [1.54, 1.807) is 73.7 Å². The summed E-state index contributed by atoms with van der Waals surface area (Å²) in [5.41, 5.74) is 11.6. The quantitative estimate of drug-likeness (QED) is 0.0104. The number of rotatable bonds is 40. The molecule has 0 aliphatic carbocycles. The Hall–Kier alpha value is -11.5. The summed E-state index contributed by atoms with van der Waals surface area (Å²) < 4.78 is 55.0. The Morgan fingerprint density at radius 1 is 0.612 bits per heavy atom. The number of ether oxygens (including phenoxy) is 1. The molecule has 7 amide bonds. The van der Waals surface area contributed by atoms with Crippen LogP contribution < -0.4 is 58.5 Å². The second kappa shape index (κ2) is 38.9. The standard InChI is InChI=1S/C73H84FN13O15S/c1-45-12-7-13-47(38-45)40-62(83-68(91)57-31-28-53(41-58(57)74)81-66(89)21-11-35-79-69(92)59(75)32-33-65(88)78-37-36-77-60-19-9-17-56-55(60)16-10-20-64(56)103(99,100)101)71(94)84-63(44-102-43-48-14-8-15-50(39-48)72(95)96)70(93)80-42-67(90)82-61(73(97)98)18-5-6-34-76-46(2)49-22-24-51(25-23-49)85-86-52-26-29-54(30-27-52)87(3)4/h7-10,12-17,19-20,22-31,38-39,41,59,61-63,76-77H,2,5-6,11,18,21,32-37,40,42-44,75H2,1,3-4H3,(H,78,88)(H,79,92)(H,80,93)(H,81,89)(H,82,90)(H,83,91)(H,84,94)(H,95,96)(H,97,98)(H,99,100,101)/t59?,61-,62-,63-/m0/s1. The van der Waals surface area contributed by atoms with Crippen LogP contribution in [0.5, 0.6) is 0 Å². The summed E-state index contributed by atoms with van der Waals surface area (Å²) in [4.78, 5) is 120. The monoisotopic (exact) mass is 1430 g/mol. The maximum atomic E-state index is 15.9. The zero-order valence-electron chi connectivity index (χ0n) is 57.0. The van der Waals surface area contributed by atoms with Crippen molar-refractivity contribution >= 4 is 108 Å². The predicted molar refractivity (Wildman–Crippen MR) is 386 cm³/mol. The van der Waals surface area contributed by atoms with Crippen LogP contribution in [0.25, 0.3) is 16.5 Å². The molecule has 7 aromatic carbocycles. The van der Waals surface area contributed by atoms with E-state index in [0.29, 0.717) is 64.0 Å². The summed E-state index contributed by atoms with van der Waals surface area (Å²) in [6.45, 7) is 5.24. The largest absolute Gasteiger partial charge is 0.480 e. The molecule has 0 aromatic heterocycles. The molecule has 103 heavy (non-hydrogen) atoms. The van der Waals surface area contributed by atoms with Crippen molar-refractivity contribution in [3.63, 3.8) is 0 Å². The Balaban J connectivity index is 0.874. The van der Waals surface area contributed by atoms with Crippen LogP contribution in [0.4, 0.5) is 32.8 Å².